The Morgan fingerprint density at radius 3 is 2.70 bits per heavy atom. The van der Waals surface area contributed by atoms with E-state index in [1.54, 1.807) is 12.1 Å². The molecule has 0 unspecified atom stereocenters. The fourth-order valence-electron chi connectivity index (χ4n) is 2.89. The normalized spacial score (nSPS) is 10.9. The van der Waals surface area contributed by atoms with Gasteiger partial charge in [0.15, 0.2) is 0 Å². The molecule has 0 N–H and O–H groups in total. The minimum absolute atomic E-state index is 0.120. The number of fused-ring (bicyclic) bond motifs is 1. The average Bonchev–Trinajstić information content (AvgIpc) is 2.85. The van der Waals surface area contributed by atoms with Gasteiger partial charge in [-0.25, -0.2) is 4.79 Å². The smallest absolute Gasteiger partial charge is 0.336 e. The van der Waals surface area contributed by atoms with Gasteiger partial charge < -0.3 is 9.15 Å². The van der Waals surface area contributed by atoms with Crippen LogP contribution in [0, 0.1) is 30.9 Å². The lowest BCUT2D eigenvalue weighted by Crippen LogP contribution is -2.16. The van der Waals surface area contributed by atoms with Gasteiger partial charge in [0, 0.05) is 17.0 Å². The number of carbonyl (C=O) groups excluding carboxylic acids is 1. The van der Waals surface area contributed by atoms with E-state index < -0.39 is 16.5 Å². The zero-order valence-electron chi connectivity index (χ0n) is 15.0. The molecule has 3 aromatic rings. The molecule has 3 rings (SSSR count). The van der Waals surface area contributed by atoms with Gasteiger partial charge in [-0.05, 0) is 32.4 Å². The van der Waals surface area contributed by atoms with Crippen LogP contribution in [0.25, 0.3) is 11.0 Å². The van der Waals surface area contributed by atoms with Gasteiger partial charge in [0.1, 0.15) is 30.1 Å². The molecule has 0 aliphatic heterocycles. The summed E-state index contributed by atoms with van der Waals surface area (Å²) in [5.74, 6) is -0.621. The van der Waals surface area contributed by atoms with Crippen LogP contribution in [0.15, 0.2) is 33.5 Å². The number of nitro groups is 1. The van der Waals surface area contributed by atoms with Crippen LogP contribution in [0.2, 0.25) is 0 Å². The van der Waals surface area contributed by atoms with Gasteiger partial charge in [0.05, 0.1) is 4.92 Å². The van der Waals surface area contributed by atoms with Crippen LogP contribution in [0.3, 0.4) is 0 Å². The highest BCUT2D eigenvalue weighted by molar-refractivity contribution is 5.81. The van der Waals surface area contributed by atoms with Crippen molar-refractivity contribution >= 4 is 22.6 Å². The van der Waals surface area contributed by atoms with E-state index in [0.29, 0.717) is 16.5 Å². The van der Waals surface area contributed by atoms with Crippen molar-refractivity contribution in [2.75, 3.05) is 0 Å². The summed E-state index contributed by atoms with van der Waals surface area (Å²) in [4.78, 5) is 34.4. The van der Waals surface area contributed by atoms with Crippen molar-refractivity contribution in [3.63, 3.8) is 0 Å². The van der Waals surface area contributed by atoms with Crippen LogP contribution in [0.1, 0.15) is 22.5 Å². The Balaban J connectivity index is 1.77. The maximum absolute atomic E-state index is 12.1. The standard InChI is InChI=1S/C18H17N3O6/c1-10-4-5-14-13(7-16(22)27-15(14)6-10)9-26-17(23)8-20-12(3)18(21(24)25)11(2)19-20/h4-7H,8-9H2,1-3H3. The molecular weight excluding hydrogens is 354 g/mol. The molecule has 140 valence electrons. The number of carbonyl (C=O) groups is 1. The third-order valence-corrected chi connectivity index (χ3v) is 4.18. The lowest BCUT2D eigenvalue weighted by atomic mass is 10.1. The molecule has 0 aliphatic carbocycles. The van der Waals surface area contributed by atoms with Crippen molar-refractivity contribution in [2.24, 2.45) is 0 Å². The van der Waals surface area contributed by atoms with E-state index in [1.807, 2.05) is 13.0 Å². The van der Waals surface area contributed by atoms with Crippen LogP contribution in [-0.2, 0) is 22.7 Å². The van der Waals surface area contributed by atoms with E-state index in [0.717, 1.165) is 5.56 Å². The zero-order chi connectivity index (χ0) is 19.7. The molecule has 27 heavy (non-hydrogen) atoms. The molecule has 2 aromatic heterocycles. The minimum atomic E-state index is -0.621. The summed E-state index contributed by atoms with van der Waals surface area (Å²) in [6, 6.07) is 6.67. The van der Waals surface area contributed by atoms with Crippen molar-refractivity contribution < 1.29 is 18.9 Å². The van der Waals surface area contributed by atoms with E-state index in [-0.39, 0.29) is 30.2 Å². The van der Waals surface area contributed by atoms with E-state index >= 15 is 0 Å². The van der Waals surface area contributed by atoms with Crippen LogP contribution in [0.4, 0.5) is 5.69 Å². The fourth-order valence-corrected chi connectivity index (χ4v) is 2.89. The van der Waals surface area contributed by atoms with Crippen LogP contribution < -0.4 is 5.63 Å². The number of aromatic nitrogens is 2. The van der Waals surface area contributed by atoms with Crippen molar-refractivity contribution in [1.82, 2.24) is 9.78 Å². The second-order valence-electron chi connectivity index (χ2n) is 6.19. The summed E-state index contributed by atoms with van der Waals surface area (Å²) < 4.78 is 11.6. The summed E-state index contributed by atoms with van der Waals surface area (Å²) in [6.45, 7) is 4.51. The minimum Gasteiger partial charge on any atom is -0.459 e. The predicted molar refractivity (Wildman–Crippen MR) is 95.4 cm³/mol. The second-order valence-corrected chi connectivity index (χ2v) is 6.19. The van der Waals surface area contributed by atoms with Crippen LogP contribution in [0.5, 0.6) is 0 Å². The lowest BCUT2D eigenvalue weighted by molar-refractivity contribution is -0.386. The molecular formula is C18H17N3O6. The van der Waals surface area contributed by atoms with Crippen LogP contribution in [-0.4, -0.2) is 20.7 Å². The van der Waals surface area contributed by atoms with Gasteiger partial charge in [0.2, 0.25) is 0 Å². The molecule has 0 bridgehead atoms. The Bertz CT molecular complexity index is 1110. The van der Waals surface area contributed by atoms with Gasteiger partial charge in [-0.1, -0.05) is 12.1 Å². The molecule has 0 fully saturated rings. The Hall–Kier alpha value is -3.49. The first-order valence-electron chi connectivity index (χ1n) is 8.13. The van der Waals surface area contributed by atoms with Gasteiger partial charge in [-0.3, -0.25) is 19.6 Å². The molecule has 0 aliphatic rings. The van der Waals surface area contributed by atoms with Crippen molar-refractivity contribution in [1.29, 1.82) is 0 Å². The van der Waals surface area contributed by atoms with Gasteiger partial charge >= 0.3 is 17.3 Å². The summed E-state index contributed by atoms with van der Waals surface area (Å²) in [6.07, 6.45) is 0. The maximum Gasteiger partial charge on any atom is 0.336 e. The summed E-state index contributed by atoms with van der Waals surface area (Å²) in [5, 5.41) is 15.7. The molecule has 0 spiro atoms. The molecule has 0 saturated carbocycles. The summed E-state index contributed by atoms with van der Waals surface area (Å²) in [7, 11) is 0. The Morgan fingerprint density at radius 2 is 2.04 bits per heavy atom. The monoisotopic (exact) mass is 371 g/mol. The lowest BCUT2D eigenvalue weighted by Gasteiger charge is -2.08. The Labute approximate surface area is 153 Å². The maximum atomic E-state index is 12.1. The number of rotatable bonds is 5. The summed E-state index contributed by atoms with van der Waals surface area (Å²) >= 11 is 0. The SMILES string of the molecule is Cc1ccc2c(COC(=O)Cn3nc(C)c([N+](=O)[O-])c3C)cc(=O)oc2c1. The molecule has 0 amide bonds. The number of benzene rings is 1. The molecule has 1 aromatic carbocycles. The van der Waals surface area contributed by atoms with Crippen molar-refractivity contribution in [2.45, 2.75) is 33.9 Å². The molecule has 0 atom stereocenters. The van der Waals surface area contributed by atoms with E-state index in [2.05, 4.69) is 5.10 Å². The highest BCUT2D eigenvalue weighted by atomic mass is 16.6. The Kier molecular flexibility index (Phi) is 4.76. The molecule has 0 radical (unpaired) electrons. The van der Waals surface area contributed by atoms with Crippen LogP contribution >= 0.6 is 0 Å². The third kappa shape index (κ3) is 3.71. The topological polar surface area (TPSA) is 117 Å². The van der Waals surface area contributed by atoms with Gasteiger partial charge in [0.25, 0.3) is 0 Å². The number of hydrogen-bond acceptors (Lipinski definition) is 7. The van der Waals surface area contributed by atoms with Gasteiger partial charge in [-0.2, -0.15) is 5.10 Å². The first-order valence-corrected chi connectivity index (χ1v) is 8.13. The van der Waals surface area contributed by atoms with E-state index in [1.165, 1.54) is 24.6 Å². The van der Waals surface area contributed by atoms with E-state index in [9.17, 15) is 19.7 Å². The number of aryl methyl sites for hydroxylation is 2. The first kappa shape index (κ1) is 18.3. The van der Waals surface area contributed by atoms with Gasteiger partial charge in [-0.15, -0.1) is 0 Å². The Morgan fingerprint density at radius 1 is 1.30 bits per heavy atom. The van der Waals surface area contributed by atoms with Crippen molar-refractivity contribution in [3.8, 4) is 0 Å². The molecule has 9 nitrogen and oxygen atoms in total. The molecule has 0 saturated heterocycles. The predicted octanol–water partition coefficient (Wildman–Crippen LogP) is 2.57. The quantitative estimate of drug-likeness (QED) is 0.293. The highest BCUT2D eigenvalue weighted by Gasteiger charge is 2.23. The molecule has 2 heterocycles. The number of esters is 1. The largest absolute Gasteiger partial charge is 0.459 e. The summed E-state index contributed by atoms with van der Waals surface area (Å²) in [5.41, 5.74) is 1.73. The molecule has 9 heteroatoms. The average molecular weight is 371 g/mol. The number of nitrogens with zero attached hydrogens (tertiary/aromatic N) is 3. The third-order valence-electron chi connectivity index (χ3n) is 4.18. The second kappa shape index (κ2) is 7.02. The highest BCUT2D eigenvalue weighted by Crippen LogP contribution is 2.22. The zero-order valence-corrected chi connectivity index (χ0v) is 15.0. The number of hydrogen-bond donors (Lipinski definition) is 0. The van der Waals surface area contributed by atoms with E-state index in [4.69, 9.17) is 9.15 Å². The number of ether oxygens (including phenoxy) is 1. The fraction of sp³-hybridized carbons (Fsp3) is 0.278. The van der Waals surface area contributed by atoms with Crippen molar-refractivity contribution in [3.05, 3.63) is 67.3 Å². The first-order chi connectivity index (χ1) is 12.8.